The van der Waals surface area contributed by atoms with Crippen LogP contribution in [0.4, 0.5) is 5.82 Å². The predicted molar refractivity (Wildman–Crippen MR) is 71.8 cm³/mol. The Labute approximate surface area is 115 Å². The van der Waals surface area contributed by atoms with Gasteiger partial charge in [0.2, 0.25) is 11.8 Å². The molecule has 0 bridgehead atoms. The molecule has 19 heavy (non-hydrogen) atoms. The number of carbonyl (C=O) groups excluding carboxylic acids is 2. The van der Waals surface area contributed by atoms with Gasteiger partial charge in [0.1, 0.15) is 5.76 Å². The van der Waals surface area contributed by atoms with Crippen LogP contribution in [0, 0.1) is 6.92 Å². The average molecular weight is 284 g/mol. The van der Waals surface area contributed by atoms with Gasteiger partial charge < -0.3 is 14.7 Å². The minimum absolute atomic E-state index is 0.00636. The number of anilines is 1. The molecule has 104 valence electrons. The van der Waals surface area contributed by atoms with Gasteiger partial charge in [-0.05, 0) is 6.92 Å². The van der Waals surface area contributed by atoms with Gasteiger partial charge in [-0.3, -0.25) is 14.9 Å². The molecule has 0 aromatic carbocycles. The summed E-state index contributed by atoms with van der Waals surface area (Å²) in [5, 5.41) is 9.31. The van der Waals surface area contributed by atoms with E-state index in [9.17, 15) is 9.59 Å². The standard InChI is InChI=1S/C11H16N4O3S/c1-7-3-9(14-18-7)13-10(16)4-15(2)11(17)8-5-19-6-12-8/h3,8,12H,4-6H2,1-2H3,(H,13,14,16). The lowest BCUT2D eigenvalue weighted by atomic mass is 10.3. The largest absolute Gasteiger partial charge is 0.360 e. The van der Waals surface area contributed by atoms with E-state index in [1.165, 1.54) is 4.90 Å². The lowest BCUT2D eigenvalue weighted by molar-refractivity contribution is -0.134. The molecule has 1 aromatic rings. The van der Waals surface area contributed by atoms with Crippen molar-refractivity contribution in [3.05, 3.63) is 11.8 Å². The number of nitrogens with one attached hydrogen (secondary N) is 2. The summed E-state index contributed by atoms with van der Waals surface area (Å²) in [5.74, 6) is 2.12. The smallest absolute Gasteiger partial charge is 0.245 e. The van der Waals surface area contributed by atoms with Gasteiger partial charge in [0.25, 0.3) is 0 Å². The highest BCUT2D eigenvalue weighted by molar-refractivity contribution is 7.99. The zero-order chi connectivity index (χ0) is 13.8. The maximum Gasteiger partial charge on any atom is 0.245 e. The number of amides is 2. The van der Waals surface area contributed by atoms with Crippen LogP contribution in [-0.4, -0.2) is 53.1 Å². The molecule has 1 fully saturated rings. The molecule has 1 aromatic heterocycles. The van der Waals surface area contributed by atoms with Gasteiger partial charge in [-0.25, -0.2) is 0 Å². The fraction of sp³-hybridized carbons (Fsp3) is 0.545. The maximum atomic E-state index is 12.0. The molecule has 0 spiro atoms. The topological polar surface area (TPSA) is 87.5 Å². The van der Waals surface area contributed by atoms with Crippen LogP contribution in [0.3, 0.4) is 0 Å². The lowest BCUT2D eigenvalue weighted by Gasteiger charge is -2.19. The van der Waals surface area contributed by atoms with Crippen LogP contribution >= 0.6 is 11.8 Å². The Morgan fingerprint density at radius 2 is 2.47 bits per heavy atom. The summed E-state index contributed by atoms with van der Waals surface area (Å²) >= 11 is 1.67. The molecule has 0 saturated carbocycles. The van der Waals surface area contributed by atoms with Crippen molar-refractivity contribution in [3.63, 3.8) is 0 Å². The maximum absolute atomic E-state index is 12.0. The number of rotatable bonds is 4. The summed E-state index contributed by atoms with van der Waals surface area (Å²) in [6, 6.07) is 1.42. The second-order valence-electron chi connectivity index (χ2n) is 4.34. The van der Waals surface area contributed by atoms with E-state index in [0.29, 0.717) is 11.6 Å². The Morgan fingerprint density at radius 3 is 3.05 bits per heavy atom. The third-order valence-electron chi connectivity index (χ3n) is 2.67. The number of aryl methyl sites for hydroxylation is 1. The lowest BCUT2D eigenvalue weighted by Crippen LogP contribution is -2.45. The van der Waals surface area contributed by atoms with Crippen LogP contribution in [0.15, 0.2) is 10.6 Å². The van der Waals surface area contributed by atoms with Crippen molar-refractivity contribution in [1.82, 2.24) is 15.4 Å². The van der Waals surface area contributed by atoms with Crippen molar-refractivity contribution < 1.29 is 14.1 Å². The molecule has 0 radical (unpaired) electrons. The monoisotopic (exact) mass is 284 g/mol. The molecule has 1 aliphatic rings. The first-order chi connectivity index (χ1) is 9.06. The molecule has 1 aliphatic heterocycles. The summed E-state index contributed by atoms with van der Waals surface area (Å²) in [6.45, 7) is 1.73. The van der Waals surface area contributed by atoms with E-state index in [0.717, 1.165) is 11.6 Å². The van der Waals surface area contributed by atoms with E-state index in [-0.39, 0.29) is 24.4 Å². The van der Waals surface area contributed by atoms with Crippen molar-refractivity contribution in [1.29, 1.82) is 0 Å². The molecular formula is C11H16N4O3S. The highest BCUT2D eigenvalue weighted by Crippen LogP contribution is 2.11. The van der Waals surface area contributed by atoms with E-state index in [1.807, 2.05) is 0 Å². The molecule has 1 saturated heterocycles. The number of carbonyl (C=O) groups is 2. The highest BCUT2D eigenvalue weighted by Gasteiger charge is 2.26. The molecule has 7 nitrogen and oxygen atoms in total. The van der Waals surface area contributed by atoms with E-state index in [1.54, 1.807) is 31.8 Å². The zero-order valence-electron chi connectivity index (χ0n) is 10.8. The first-order valence-electron chi connectivity index (χ1n) is 5.85. The summed E-state index contributed by atoms with van der Waals surface area (Å²) in [7, 11) is 1.61. The van der Waals surface area contributed by atoms with E-state index < -0.39 is 0 Å². The molecule has 2 N–H and O–H groups in total. The van der Waals surface area contributed by atoms with Crippen molar-refractivity contribution in [2.75, 3.05) is 30.5 Å². The second-order valence-corrected chi connectivity index (χ2v) is 5.37. The number of aromatic nitrogens is 1. The molecule has 1 atom stereocenters. The first-order valence-corrected chi connectivity index (χ1v) is 7.01. The fourth-order valence-electron chi connectivity index (χ4n) is 1.72. The van der Waals surface area contributed by atoms with Crippen LogP contribution < -0.4 is 10.6 Å². The Hall–Kier alpha value is -1.54. The molecule has 0 aliphatic carbocycles. The van der Waals surface area contributed by atoms with Gasteiger partial charge in [-0.1, -0.05) is 5.16 Å². The van der Waals surface area contributed by atoms with Gasteiger partial charge in [0.05, 0.1) is 12.6 Å². The average Bonchev–Trinajstić information content (AvgIpc) is 2.99. The van der Waals surface area contributed by atoms with E-state index >= 15 is 0 Å². The van der Waals surface area contributed by atoms with E-state index in [4.69, 9.17) is 4.52 Å². The van der Waals surface area contributed by atoms with Crippen LogP contribution in [0.1, 0.15) is 5.76 Å². The SMILES string of the molecule is Cc1cc(NC(=O)CN(C)C(=O)C2CSCN2)no1. The first kappa shape index (κ1) is 13.9. The van der Waals surface area contributed by atoms with Crippen LogP contribution in [-0.2, 0) is 9.59 Å². The van der Waals surface area contributed by atoms with Gasteiger partial charge in [-0.2, -0.15) is 0 Å². The van der Waals surface area contributed by atoms with Gasteiger partial charge in [0.15, 0.2) is 5.82 Å². The Bertz CT molecular complexity index is 470. The number of nitrogens with zero attached hydrogens (tertiary/aromatic N) is 2. The van der Waals surface area contributed by atoms with Crippen molar-refractivity contribution >= 4 is 29.4 Å². The summed E-state index contributed by atoms with van der Waals surface area (Å²) in [5.41, 5.74) is 0. The van der Waals surface area contributed by atoms with E-state index in [2.05, 4.69) is 15.8 Å². The van der Waals surface area contributed by atoms with Crippen molar-refractivity contribution in [3.8, 4) is 0 Å². The molecule has 1 unspecified atom stereocenters. The minimum atomic E-state index is -0.296. The predicted octanol–water partition coefficient (Wildman–Crippen LogP) is 0.0424. The Kier molecular flexibility index (Phi) is 4.43. The van der Waals surface area contributed by atoms with Crippen LogP contribution in [0.2, 0.25) is 0 Å². The third-order valence-corrected chi connectivity index (χ3v) is 3.61. The van der Waals surface area contributed by atoms with Crippen molar-refractivity contribution in [2.24, 2.45) is 0 Å². The van der Waals surface area contributed by atoms with Crippen molar-refractivity contribution in [2.45, 2.75) is 13.0 Å². The highest BCUT2D eigenvalue weighted by atomic mass is 32.2. The number of hydrogen-bond donors (Lipinski definition) is 2. The third kappa shape index (κ3) is 3.71. The fourth-order valence-corrected chi connectivity index (χ4v) is 2.65. The zero-order valence-corrected chi connectivity index (χ0v) is 11.6. The summed E-state index contributed by atoms with van der Waals surface area (Å²) < 4.78 is 4.84. The second kappa shape index (κ2) is 6.07. The molecule has 8 heteroatoms. The van der Waals surface area contributed by atoms with Gasteiger partial charge in [0, 0.05) is 24.7 Å². The number of thioether (sulfide) groups is 1. The minimum Gasteiger partial charge on any atom is -0.360 e. The quantitative estimate of drug-likeness (QED) is 0.812. The Morgan fingerprint density at radius 1 is 1.68 bits per heavy atom. The molecule has 2 amide bonds. The molecule has 2 heterocycles. The molecule has 2 rings (SSSR count). The summed E-state index contributed by atoms with van der Waals surface area (Å²) in [4.78, 5) is 25.1. The Balaban J connectivity index is 1.82. The van der Waals surface area contributed by atoms with Crippen LogP contribution in [0.5, 0.6) is 0 Å². The van der Waals surface area contributed by atoms with Gasteiger partial charge >= 0.3 is 0 Å². The van der Waals surface area contributed by atoms with Gasteiger partial charge in [-0.15, -0.1) is 11.8 Å². The number of likely N-dealkylation sites (N-methyl/N-ethyl adjacent to an activating group) is 1. The molecular weight excluding hydrogens is 268 g/mol. The number of hydrogen-bond acceptors (Lipinski definition) is 6. The van der Waals surface area contributed by atoms with Crippen LogP contribution in [0.25, 0.3) is 0 Å². The normalized spacial score (nSPS) is 18.3. The summed E-state index contributed by atoms with van der Waals surface area (Å²) in [6.07, 6.45) is 0.